The summed E-state index contributed by atoms with van der Waals surface area (Å²) in [5.74, 6) is -0.172. The van der Waals surface area contributed by atoms with Crippen molar-refractivity contribution in [1.29, 1.82) is 0 Å². The minimum absolute atomic E-state index is 0. The zero-order valence-corrected chi connectivity index (χ0v) is 12.6. The second kappa shape index (κ2) is 8.82. The molecule has 0 radical (unpaired) electrons. The zero-order chi connectivity index (χ0) is 11.9. The van der Waals surface area contributed by atoms with Gasteiger partial charge >= 0.3 is 5.97 Å². The molecule has 0 amide bonds. The predicted octanol–water partition coefficient (Wildman–Crippen LogP) is -1.88. The van der Waals surface area contributed by atoms with Crippen LogP contribution in [0.1, 0.15) is 13.8 Å². The van der Waals surface area contributed by atoms with Crippen LogP contribution in [0.25, 0.3) is 0 Å². The molecule has 0 saturated heterocycles. The summed E-state index contributed by atoms with van der Waals surface area (Å²) >= 11 is 4.48. The molecule has 0 aliphatic carbocycles. The van der Waals surface area contributed by atoms with E-state index in [1.165, 1.54) is 0 Å². The normalized spacial score (nSPS) is 12.0. The molecule has 1 atom stereocenters. The maximum Gasteiger partial charge on any atom is 0.364 e. The molecule has 0 aliphatic rings. The van der Waals surface area contributed by atoms with Gasteiger partial charge in [-0.3, -0.25) is 0 Å². The number of isothiocyanates is 1. The molecule has 0 aromatic heterocycles. The van der Waals surface area contributed by atoms with Crippen LogP contribution >= 0.6 is 12.2 Å². The van der Waals surface area contributed by atoms with E-state index in [2.05, 4.69) is 22.4 Å². The van der Waals surface area contributed by atoms with Gasteiger partial charge in [0.25, 0.3) is 0 Å². The summed E-state index contributed by atoms with van der Waals surface area (Å²) < 4.78 is 5.52. The van der Waals surface area contributed by atoms with Crippen molar-refractivity contribution in [3.05, 3.63) is 0 Å². The molecule has 0 aliphatic heterocycles. The lowest BCUT2D eigenvalue weighted by Crippen LogP contribution is -3.00. The average Bonchev–Trinajstić information content (AvgIpc) is 2.17. The first-order valence-electron chi connectivity index (χ1n) is 4.98. The number of quaternary nitrogens is 1. The summed E-state index contributed by atoms with van der Waals surface area (Å²) in [6, 6.07) is -0.190. The summed E-state index contributed by atoms with van der Waals surface area (Å²) in [4.78, 5) is 15.4. The van der Waals surface area contributed by atoms with Gasteiger partial charge in [0.1, 0.15) is 0 Å². The van der Waals surface area contributed by atoms with Gasteiger partial charge in [0, 0.05) is 0 Å². The number of ether oxygens (including phenoxy) is 1. The summed E-state index contributed by atoms with van der Waals surface area (Å²) in [5.41, 5.74) is 0. The number of esters is 1. The molecule has 0 rings (SSSR count). The van der Waals surface area contributed by atoms with E-state index in [0.29, 0.717) is 17.6 Å². The van der Waals surface area contributed by atoms with Gasteiger partial charge in [-0.2, -0.15) is 0 Å². The van der Waals surface area contributed by atoms with Gasteiger partial charge in [0.05, 0.1) is 39.0 Å². The van der Waals surface area contributed by atoms with E-state index in [9.17, 15) is 4.79 Å². The van der Waals surface area contributed by atoms with Crippen LogP contribution in [-0.2, 0) is 9.53 Å². The van der Waals surface area contributed by atoms with Crippen molar-refractivity contribution in [3.63, 3.8) is 0 Å². The van der Waals surface area contributed by atoms with E-state index in [1.54, 1.807) is 6.92 Å². The lowest BCUT2D eigenvalue weighted by Gasteiger charge is -2.33. The highest BCUT2D eigenvalue weighted by molar-refractivity contribution is 7.78. The number of hydrogen-bond acceptors (Lipinski definition) is 4. The van der Waals surface area contributed by atoms with Gasteiger partial charge < -0.3 is 26.2 Å². The van der Waals surface area contributed by atoms with Gasteiger partial charge in [-0.05, 0) is 26.1 Å². The number of nitrogens with zero attached hydrogens (tertiary/aromatic N) is 2. The van der Waals surface area contributed by atoms with Crippen LogP contribution in [0, 0.1) is 0 Å². The Hall–Kier alpha value is -0.290. The van der Waals surface area contributed by atoms with Crippen molar-refractivity contribution in [2.75, 3.05) is 33.8 Å². The molecule has 1 unspecified atom stereocenters. The van der Waals surface area contributed by atoms with Crippen LogP contribution in [0.4, 0.5) is 0 Å². The number of carbonyl (C=O) groups is 1. The Kier molecular flexibility index (Phi) is 9.96. The highest BCUT2D eigenvalue weighted by Crippen LogP contribution is 2.07. The summed E-state index contributed by atoms with van der Waals surface area (Å²) in [5, 5.41) is 2.32. The van der Waals surface area contributed by atoms with Crippen molar-refractivity contribution in [2.24, 2.45) is 4.99 Å². The summed E-state index contributed by atoms with van der Waals surface area (Å²) in [6.45, 7) is 5.41. The van der Waals surface area contributed by atoms with Gasteiger partial charge in [0.15, 0.2) is 6.04 Å². The first-order chi connectivity index (χ1) is 6.95. The third-order valence-corrected chi connectivity index (χ3v) is 2.66. The Labute approximate surface area is 113 Å². The smallest absolute Gasteiger partial charge is 0.364 e. The average molecular weight is 311 g/mol. The van der Waals surface area contributed by atoms with Crippen molar-refractivity contribution < 1.29 is 31.0 Å². The summed E-state index contributed by atoms with van der Waals surface area (Å²) in [7, 11) is 3.95. The minimum Gasteiger partial charge on any atom is -1.00 e. The molecule has 16 heavy (non-hydrogen) atoms. The molecule has 0 spiro atoms. The molecule has 0 bridgehead atoms. The van der Waals surface area contributed by atoms with Crippen LogP contribution in [0.2, 0.25) is 0 Å². The fourth-order valence-electron chi connectivity index (χ4n) is 1.10. The third kappa shape index (κ3) is 6.33. The van der Waals surface area contributed by atoms with Crippen molar-refractivity contribution >= 4 is 23.3 Å². The van der Waals surface area contributed by atoms with Crippen molar-refractivity contribution in [3.8, 4) is 0 Å². The third-order valence-electron chi connectivity index (χ3n) is 2.53. The van der Waals surface area contributed by atoms with E-state index in [4.69, 9.17) is 4.74 Å². The van der Waals surface area contributed by atoms with Crippen molar-refractivity contribution in [1.82, 2.24) is 0 Å². The second-order valence-electron chi connectivity index (χ2n) is 3.90. The maximum atomic E-state index is 11.5. The van der Waals surface area contributed by atoms with Crippen LogP contribution in [0.5, 0.6) is 0 Å². The molecule has 94 valence electrons. The van der Waals surface area contributed by atoms with E-state index in [0.717, 1.165) is 6.54 Å². The predicted molar refractivity (Wildman–Crippen MR) is 63.0 cm³/mol. The fraction of sp³-hybridized carbons (Fsp3) is 0.800. The SMILES string of the molecule is CCOC(=O)C(C)[N+](C)(C)CCN=C=S.[Br-]. The highest BCUT2D eigenvalue weighted by Gasteiger charge is 2.31. The Morgan fingerprint density at radius 2 is 2.12 bits per heavy atom. The first kappa shape index (κ1) is 18.1. The maximum absolute atomic E-state index is 11.5. The Bertz CT molecular complexity index is 266. The standard InChI is InChI=1S/C10H19N2O2S.BrH/c1-5-14-10(13)9(2)12(3,4)7-6-11-8-15;/h9H,5-7H2,1-4H3;1H/q+1;/p-1. The Balaban J connectivity index is 0. The van der Waals surface area contributed by atoms with Gasteiger partial charge in [-0.1, -0.05) is 0 Å². The Morgan fingerprint density at radius 3 is 2.56 bits per heavy atom. The van der Waals surface area contributed by atoms with Gasteiger partial charge in [-0.15, -0.1) is 0 Å². The van der Waals surface area contributed by atoms with Crippen molar-refractivity contribution in [2.45, 2.75) is 19.9 Å². The Morgan fingerprint density at radius 1 is 1.56 bits per heavy atom. The zero-order valence-electron chi connectivity index (χ0n) is 10.2. The fourth-order valence-corrected chi connectivity index (χ4v) is 1.19. The molecule has 6 heteroatoms. The minimum atomic E-state index is -0.190. The van der Waals surface area contributed by atoms with Gasteiger partial charge in [-0.25, -0.2) is 9.79 Å². The number of rotatable bonds is 6. The van der Waals surface area contributed by atoms with E-state index in [-0.39, 0.29) is 29.0 Å². The summed E-state index contributed by atoms with van der Waals surface area (Å²) in [6.07, 6.45) is 0. The molecule has 0 saturated carbocycles. The number of thiocarbonyl (C=S) groups is 1. The van der Waals surface area contributed by atoms with Crippen LogP contribution < -0.4 is 17.0 Å². The number of carbonyl (C=O) groups excluding carboxylic acids is 1. The molecule has 0 aromatic rings. The topological polar surface area (TPSA) is 38.7 Å². The van der Waals surface area contributed by atoms with Gasteiger partial charge in [0.2, 0.25) is 0 Å². The monoisotopic (exact) mass is 310 g/mol. The first-order valence-corrected chi connectivity index (χ1v) is 5.39. The lowest BCUT2D eigenvalue weighted by atomic mass is 10.2. The quantitative estimate of drug-likeness (QED) is 0.249. The van der Waals surface area contributed by atoms with E-state index in [1.807, 2.05) is 21.0 Å². The molecule has 0 N–H and O–H groups in total. The molecule has 0 aromatic carbocycles. The molecular weight excluding hydrogens is 292 g/mol. The number of aliphatic imine (C=N–C) groups is 1. The lowest BCUT2D eigenvalue weighted by molar-refractivity contribution is -0.903. The van der Waals surface area contributed by atoms with E-state index >= 15 is 0 Å². The largest absolute Gasteiger partial charge is 1.00 e. The van der Waals surface area contributed by atoms with E-state index < -0.39 is 0 Å². The molecule has 4 nitrogen and oxygen atoms in total. The molecule has 0 heterocycles. The number of halogens is 1. The molecule has 0 fully saturated rings. The number of likely N-dealkylation sites (N-methyl/N-ethyl adjacent to an activating group) is 1. The van der Waals surface area contributed by atoms with Crippen LogP contribution in [0.3, 0.4) is 0 Å². The highest BCUT2D eigenvalue weighted by atomic mass is 79.9. The van der Waals surface area contributed by atoms with Crippen LogP contribution in [0.15, 0.2) is 4.99 Å². The number of hydrogen-bond donors (Lipinski definition) is 0. The van der Waals surface area contributed by atoms with Crippen LogP contribution in [-0.4, -0.2) is 55.4 Å². The molecular formula is C10H19BrN2O2S. The second-order valence-corrected chi connectivity index (χ2v) is 4.09.